The molecule has 2 aromatic heterocycles. The minimum atomic E-state index is -0.909. The summed E-state index contributed by atoms with van der Waals surface area (Å²) in [5.41, 5.74) is 0. The molecule has 7 heteroatoms. The van der Waals surface area contributed by atoms with Gasteiger partial charge >= 0.3 is 5.97 Å². The number of aliphatic carboxylic acids is 1. The molecule has 0 aliphatic carbocycles. The maximum absolute atomic E-state index is 11.1. The summed E-state index contributed by atoms with van der Waals surface area (Å²) < 4.78 is 0.704. The Morgan fingerprint density at radius 2 is 2.38 bits per heavy atom. The lowest BCUT2D eigenvalue weighted by atomic mass is 10.2. The Kier molecular flexibility index (Phi) is 3.57. The van der Waals surface area contributed by atoms with Crippen molar-refractivity contribution in [3.8, 4) is 0 Å². The van der Waals surface area contributed by atoms with E-state index in [4.69, 9.17) is 5.11 Å². The predicted octanol–water partition coefficient (Wildman–Crippen LogP) is 3.20. The maximum atomic E-state index is 11.1. The van der Waals surface area contributed by atoms with Gasteiger partial charge in [-0.05, 0) is 27.4 Å². The highest BCUT2D eigenvalue weighted by atomic mass is 79.9. The monoisotopic (exact) mass is 318 g/mol. The van der Waals surface area contributed by atoms with E-state index in [0.29, 0.717) is 9.73 Å². The number of hydrogen-bond donors (Lipinski definition) is 2. The Morgan fingerprint density at radius 1 is 1.56 bits per heavy atom. The standard InChI is InChI=1S/C9H7BrN2O2S2/c10-6-4-16-9(11-6)12-7(8(13)14)5-2-1-3-15-5/h1-4,7H,(H,11,12)(H,13,14). The lowest BCUT2D eigenvalue weighted by molar-refractivity contribution is -0.138. The van der Waals surface area contributed by atoms with Crippen LogP contribution in [-0.4, -0.2) is 16.1 Å². The van der Waals surface area contributed by atoms with Crippen molar-refractivity contribution in [1.29, 1.82) is 0 Å². The molecular weight excluding hydrogens is 312 g/mol. The fraction of sp³-hybridized carbons (Fsp3) is 0.111. The van der Waals surface area contributed by atoms with Crippen LogP contribution < -0.4 is 5.32 Å². The number of nitrogens with zero attached hydrogens (tertiary/aromatic N) is 1. The molecule has 2 N–H and O–H groups in total. The van der Waals surface area contributed by atoms with Gasteiger partial charge in [-0.3, -0.25) is 0 Å². The smallest absolute Gasteiger partial charge is 0.331 e. The van der Waals surface area contributed by atoms with Crippen molar-refractivity contribution in [3.05, 3.63) is 32.4 Å². The van der Waals surface area contributed by atoms with Crippen LogP contribution in [0.25, 0.3) is 0 Å². The van der Waals surface area contributed by atoms with E-state index in [9.17, 15) is 4.79 Å². The summed E-state index contributed by atoms with van der Waals surface area (Å²) in [5.74, 6) is -0.909. The third-order valence-electron chi connectivity index (χ3n) is 1.82. The van der Waals surface area contributed by atoms with E-state index in [1.807, 2.05) is 11.4 Å². The van der Waals surface area contributed by atoms with Crippen molar-refractivity contribution >= 4 is 49.7 Å². The van der Waals surface area contributed by atoms with E-state index in [1.54, 1.807) is 11.4 Å². The van der Waals surface area contributed by atoms with Gasteiger partial charge < -0.3 is 10.4 Å². The van der Waals surface area contributed by atoms with E-state index in [1.165, 1.54) is 22.7 Å². The van der Waals surface area contributed by atoms with E-state index in [0.717, 1.165) is 4.88 Å². The first kappa shape index (κ1) is 11.6. The normalized spacial score (nSPS) is 12.3. The van der Waals surface area contributed by atoms with Crippen LogP contribution in [0.15, 0.2) is 27.5 Å². The number of rotatable bonds is 4. The number of nitrogens with one attached hydrogen (secondary N) is 1. The topological polar surface area (TPSA) is 62.2 Å². The van der Waals surface area contributed by atoms with Crippen molar-refractivity contribution in [3.63, 3.8) is 0 Å². The molecule has 2 aromatic rings. The Labute approximate surface area is 108 Å². The fourth-order valence-electron chi connectivity index (χ4n) is 1.15. The first-order chi connectivity index (χ1) is 7.66. The maximum Gasteiger partial charge on any atom is 0.331 e. The van der Waals surface area contributed by atoms with Crippen LogP contribution in [0.4, 0.5) is 5.13 Å². The Morgan fingerprint density at radius 3 is 2.88 bits per heavy atom. The first-order valence-electron chi connectivity index (χ1n) is 4.30. The minimum Gasteiger partial charge on any atom is -0.479 e. The summed E-state index contributed by atoms with van der Waals surface area (Å²) in [6, 6.07) is 2.88. The van der Waals surface area contributed by atoms with Crippen LogP contribution in [0, 0.1) is 0 Å². The number of hydrogen-bond acceptors (Lipinski definition) is 5. The van der Waals surface area contributed by atoms with E-state index >= 15 is 0 Å². The number of thiophene rings is 1. The van der Waals surface area contributed by atoms with Crippen LogP contribution in [0.2, 0.25) is 0 Å². The first-order valence-corrected chi connectivity index (χ1v) is 6.86. The molecule has 16 heavy (non-hydrogen) atoms. The molecule has 2 rings (SSSR count). The van der Waals surface area contributed by atoms with Crippen LogP contribution >= 0.6 is 38.6 Å². The van der Waals surface area contributed by atoms with Gasteiger partial charge in [0.2, 0.25) is 0 Å². The van der Waals surface area contributed by atoms with E-state index in [2.05, 4.69) is 26.2 Å². The number of thiazole rings is 1. The zero-order valence-electron chi connectivity index (χ0n) is 7.88. The highest BCUT2D eigenvalue weighted by Crippen LogP contribution is 2.27. The Bertz CT molecular complexity index is 483. The number of halogens is 1. The summed E-state index contributed by atoms with van der Waals surface area (Å²) >= 11 is 5.99. The van der Waals surface area contributed by atoms with Gasteiger partial charge in [0, 0.05) is 10.3 Å². The van der Waals surface area contributed by atoms with E-state index in [-0.39, 0.29) is 0 Å². The van der Waals surface area contributed by atoms with Gasteiger partial charge in [0.05, 0.1) is 0 Å². The number of anilines is 1. The minimum absolute atomic E-state index is 0.590. The number of carboxylic acids is 1. The molecular formula is C9H7BrN2O2S2. The molecule has 2 heterocycles. The predicted molar refractivity (Wildman–Crippen MR) is 68.1 cm³/mol. The third-order valence-corrected chi connectivity index (χ3v) is 4.24. The molecule has 0 bridgehead atoms. The average molecular weight is 319 g/mol. The fourth-order valence-corrected chi connectivity index (χ4v) is 3.09. The van der Waals surface area contributed by atoms with Gasteiger partial charge in [0.1, 0.15) is 4.60 Å². The Hall–Kier alpha value is -0.920. The van der Waals surface area contributed by atoms with Gasteiger partial charge in [0.25, 0.3) is 0 Å². The molecule has 1 atom stereocenters. The van der Waals surface area contributed by atoms with Crippen molar-refractivity contribution in [2.45, 2.75) is 6.04 Å². The molecule has 0 spiro atoms. The molecule has 0 aromatic carbocycles. The van der Waals surface area contributed by atoms with Gasteiger partial charge in [-0.1, -0.05) is 6.07 Å². The zero-order chi connectivity index (χ0) is 11.5. The molecule has 84 valence electrons. The van der Waals surface area contributed by atoms with Crippen molar-refractivity contribution in [2.75, 3.05) is 5.32 Å². The SMILES string of the molecule is O=C(O)C(Nc1nc(Br)cs1)c1cccs1. The summed E-state index contributed by atoms with van der Waals surface area (Å²) in [6.07, 6.45) is 0. The highest BCUT2D eigenvalue weighted by molar-refractivity contribution is 9.10. The molecule has 0 amide bonds. The van der Waals surface area contributed by atoms with Crippen LogP contribution in [0.1, 0.15) is 10.9 Å². The molecule has 4 nitrogen and oxygen atoms in total. The molecule has 0 aliphatic heterocycles. The Balaban J connectivity index is 2.19. The average Bonchev–Trinajstić information content (AvgIpc) is 2.84. The zero-order valence-corrected chi connectivity index (χ0v) is 11.1. The van der Waals surface area contributed by atoms with Crippen LogP contribution in [-0.2, 0) is 4.79 Å². The molecule has 0 fully saturated rings. The van der Waals surface area contributed by atoms with Gasteiger partial charge in [-0.25, -0.2) is 9.78 Å². The van der Waals surface area contributed by atoms with Crippen LogP contribution in [0.3, 0.4) is 0 Å². The van der Waals surface area contributed by atoms with Crippen molar-refractivity contribution in [2.24, 2.45) is 0 Å². The van der Waals surface area contributed by atoms with E-state index < -0.39 is 12.0 Å². The van der Waals surface area contributed by atoms with Crippen molar-refractivity contribution in [1.82, 2.24) is 4.98 Å². The quantitative estimate of drug-likeness (QED) is 0.908. The highest BCUT2D eigenvalue weighted by Gasteiger charge is 2.21. The van der Waals surface area contributed by atoms with Gasteiger partial charge in [-0.15, -0.1) is 22.7 Å². The largest absolute Gasteiger partial charge is 0.479 e. The summed E-state index contributed by atoms with van der Waals surface area (Å²) in [4.78, 5) is 16.0. The lowest BCUT2D eigenvalue weighted by Crippen LogP contribution is -2.19. The number of carbonyl (C=O) groups is 1. The molecule has 0 saturated carbocycles. The molecule has 0 aliphatic rings. The number of carboxylic acid groups (broad SMARTS) is 1. The summed E-state index contributed by atoms with van der Waals surface area (Å²) in [6.45, 7) is 0. The summed E-state index contributed by atoms with van der Waals surface area (Å²) in [5, 5.41) is 16.3. The second kappa shape index (κ2) is 4.94. The molecule has 0 saturated heterocycles. The molecule has 0 radical (unpaired) electrons. The lowest BCUT2D eigenvalue weighted by Gasteiger charge is -2.11. The summed E-state index contributed by atoms with van der Waals surface area (Å²) in [7, 11) is 0. The molecule has 1 unspecified atom stereocenters. The number of aromatic nitrogens is 1. The van der Waals surface area contributed by atoms with Crippen LogP contribution in [0.5, 0.6) is 0 Å². The third kappa shape index (κ3) is 2.60. The second-order valence-electron chi connectivity index (χ2n) is 2.91. The van der Waals surface area contributed by atoms with Gasteiger partial charge in [-0.2, -0.15) is 0 Å². The second-order valence-corrected chi connectivity index (χ2v) is 5.56. The van der Waals surface area contributed by atoms with Crippen molar-refractivity contribution < 1.29 is 9.90 Å². The van der Waals surface area contributed by atoms with Gasteiger partial charge in [0.15, 0.2) is 11.2 Å².